The zero-order chi connectivity index (χ0) is 13.1. The maximum absolute atomic E-state index is 9.81. The number of aromatic hydroxyl groups is 2. The average Bonchev–Trinajstić information content (AvgIpc) is 2.76. The van der Waals surface area contributed by atoms with Crippen LogP contribution in [-0.4, -0.2) is 28.0 Å². The lowest BCUT2D eigenvalue weighted by atomic mass is 10.0. The third-order valence-electron chi connectivity index (χ3n) is 3.85. The molecule has 0 spiro atoms. The monoisotopic (exact) mass is 251 g/mol. The highest BCUT2D eigenvalue weighted by molar-refractivity contribution is 5.44. The van der Waals surface area contributed by atoms with E-state index in [1.165, 1.54) is 0 Å². The molecular formula is C14H21NO3. The van der Waals surface area contributed by atoms with Gasteiger partial charge in [-0.1, -0.05) is 12.5 Å². The first-order chi connectivity index (χ1) is 8.63. The fourth-order valence-electron chi connectivity index (χ4n) is 2.86. The lowest BCUT2D eigenvalue weighted by Gasteiger charge is -2.25. The summed E-state index contributed by atoms with van der Waals surface area (Å²) in [5, 5.41) is 32.3. The summed E-state index contributed by atoms with van der Waals surface area (Å²) in [7, 11) is 0. The van der Waals surface area contributed by atoms with Crippen molar-refractivity contribution in [2.45, 2.75) is 38.3 Å². The van der Waals surface area contributed by atoms with Gasteiger partial charge in [0.1, 0.15) is 11.5 Å². The molecular weight excluding hydrogens is 230 g/mol. The molecule has 4 nitrogen and oxygen atoms in total. The number of aliphatic hydroxyl groups is 1. The van der Waals surface area contributed by atoms with Gasteiger partial charge in [0.25, 0.3) is 0 Å². The molecule has 1 aliphatic carbocycles. The summed E-state index contributed by atoms with van der Waals surface area (Å²) in [5.74, 6) is 0.488. The van der Waals surface area contributed by atoms with E-state index in [1.807, 2.05) is 6.92 Å². The fraction of sp³-hybridized carbons (Fsp3) is 0.571. The van der Waals surface area contributed by atoms with Crippen molar-refractivity contribution in [3.63, 3.8) is 0 Å². The van der Waals surface area contributed by atoms with Crippen LogP contribution in [0.2, 0.25) is 0 Å². The van der Waals surface area contributed by atoms with Gasteiger partial charge in [0.15, 0.2) is 0 Å². The predicted octanol–water partition coefficient (Wildman–Crippen LogP) is 1.91. The Balaban J connectivity index is 2.10. The van der Waals surface area contributed by atoms with Gasteiger partial charge in [-0.2, -0.15) is 0 Å². The van der Waals surface area contributed by atoms with Crippen molar-refractivity contribution in [3.8, 4) is 11.5 Å². The second kappa shape index (κ2) is 5.59. The van der Waals surface area contributed by atoms with E-state index in [9.17, 15) is 15.3 Å². The second-order valence-electron chi connectivity index (χ2n) is 5.08. The number of phenolic OH excluding ortho intramolecular Hbond substituents is 2. The van der Waals surface area contributed by atoms with Gasteiger partial charge < -0.3 is 20.6 Å². The van der Waals surface area contributed by atoms with Crippen LogP contribution in [-0.2, 0) is 0 Å². The maximum Gasteiger partial charge on any atom is 0.124 e. The van der Waals surface area contributed by atoms with Crippen molar-refractivity contribution in [2.24, 2.45) is 5.92 Å². The number of hydrogen-bond acceptors (Lipinski definition) is 4. The van der Waals surface area contributed by atoms with Gasteiger partial charge in [-0.25, -0.2) is 0 Å². The highest BCUT2D eigenvalue weighted by Crippen LogP contribution is 2.34. The Bertz CT molecular complexity index is 388. The van der Waals surface area contributed by atoms with Crippen LogP contribution in [0.3, 0.4) is 0 Å². The van der Waals surface area contributed by atoms with Gasteiger partial charge >= 0.3 is 0 Å². The molecule has 18 heavy (non-hydrogen) atoms. The quantitative estimate of drug-likeness (QED) is 0.659. The van der Waals surface area contributed by atoms with Gasteiger partial charge in [0.2, 0.25) is 0 Å². The van der Waals surface area contributed by atoms with E-state index in [4.69, 9.17) is 0 Å². The first-order valence-electron chi connectivity index (χ1n) is 6.51. The van der Waals surface area contributed by atoms with Crippen molar-refractivity contribution in [3.05, 3.63) is 23.8 Å². The second-order valence-corrected chi connectivity index (χ2v) is 5.08. The van der Waals surface area contributed by atoms with E-state index in [0.717, 1.165) is 19.3 Å². The molecule has 3 atom stereocenters. The molecule has 1 aliphatic rings. The zero-order valence-corrected chi connectivity index (χ0v) is 10.6. The molecule has 100 valence electrons. The molecule has 0 radical (unpaired) electrons. The van der Waals surface area contributed by atoms with Gasteiger partial charge in [-0.05, 0) is 37.8 Å². The summed E-state index contributed by atoms with van der Waals surface area (Å²) in [6.07, 6.45) is 3.18. The van der Waals surface area contributed by atoms with E-state index < -0.39 is 0 Å². The third-order valence-corrected chi connectivity index (χ3v) is 3.85. The lowest BCUT2D eigenvalue weighted by molar-refractivity contribution is 0.200. The first kappa shape index (κ1) is 13.2. The summed E-state index contributed by atoms with van der Waals surface area (Å²) >= 11 is 0. The number of rotatable bonds is 4. The van der Waals surface area contributed by atoms with Crippen molar-refractivity contribution in [1.29, 1.82) is 0 Å². The number of benzene rings is 1. The molecule has 0 saturated heterocycles. The molecule has 2 rings (SSSR count). The van der Waals surface area contributed by atoms with E-state index in [2.05, 4.69) is 5.32 Å². The molecule has 3 unspecified atom stereocenters. The minimum atomic E-state index is -0.136. The Morgan fingerprint density at radius 1 is 1.28 bits per heavy atom. The largest absolute Gasteiger partial charge is 0.507 e. The summed E-state index contributed by atoms with van der Waals surface area (Å²) in [6, 6.07) is 4.89. The molecule has 0 bridgehead atoms. The van der Waals surface area contributed by atoms with Gasteiger partial charge in [0.05, 0.1) is 5.56 Å². The van der Waals surface area contributed by atoms with Crippen LogP contribution in [0.1, 0.15) is 37.8 Å². The molecule has 0 aliphatic heterocycles. The molecule has 1 saturated carbocycles. The van der Waals surface area contributed by atoms with Crippen LogP contribution in [0, 0.1) is 5.92 Å². The standard InChI is InChI=1S/C14H21NO3/c1-9(14-12(17)6-3-7-13(14)18)15-11-5-2-4-10(11)8-16/h3,6-7,9-11,15-18H,2,4-5,8H2,1H3. The molecule has 1 aromatic rings. The van der Waals surface area contributed by atoms with Crippen LogP contribution in [0.4, 0.5) is 0 Å². The van der Waals surface area contributed by atoms with Gasteiger partial charge in [-0.3, -0.25) is 0 Å². The molecule has 1 fully saturated rings. The maximum atomic E-state index is 9.81. The van der Waals surface area contributed by atoms with Gasteiger partial charge in [0, 0.05) is 18.7 Å². The number of nitrogens with one attached hydrogen (secondary N) is 1. The van der Waals surface area contributed by atoms with E-state index in [-0.39, 0.29) is 36.1 Å². The van der Waals surface area contributed by atoms with Crippen LogP contribution in [0.15, 0.2) is 18.2 Å². The summed E-state index contributed by atoms with van der Waals surface area (Å²) in [5.41, 5.74) is 0.529. The Labute approximate surface area is 107 Å². The highest BCUT2D eigenvalue weighted by Gasteiger charge is 2.28. The first-order valence-corrected chi connectivity index (χ1v) is 6.51. The normalized spacial score (nSPS) is 25.2. The summed E-state index contributed by atoms with van der Waals surface area (Å²) in [4.78, 5) is 0. The Morgan fingerprint density at radius 3 is 2.56 bits per heavy atom. The smallest absolute Gasteiger partial charge is 0.124 e. The predicted molar refractivity (Wildman–Crippen MR) is 69.5 cm³/mol. The molecule has 4 N–H and O–H groups in total. The minimum absolute atomic E-state index is 0.105. The Morgan fingerprint density at radius 2 is 1.94 bits per heavy atom. The SMILES string of the molecule is CC(NC1CCCC1CO)c1c(O)cccc1O. The van der Waals surface area contributed by atoms with Crippen molar-refractivity contribution < 1.29 is 15.3 Å². The number of aliphatic hydroxyl groups excluding tert-OH is 1. The minimum Gasteiger partial charge on any atom is -0.507 e. The molecule has 4 heteroatoms. The topological polar surface area (TPSA) is 72.7 Å². The average molecular weight is 251 g/mol. The van der Waals surface area contributed by atoms with Crippen LogP contribution in [0.5, 0.6) is 11.5 Å². The molecule has 0 aromatic heterocycles. The third kappa shape index (κ3) is 2.60. The number of phenols is 2. The van der Waals surface area contributed by atoms with E-state index in [0.29, 0.717) is 5.56 Å². The Kier molecular flexibility index (Phi) is 4.09. The Hall–Kier alpha value is -1.26. The lowest BCUT2D eigenvalue weighted by Crippen LogP contribution is -2.35. The fourth-order valence-corrected chi connectivity index (χ4v) is 2.86. The van der Waals surface area contributed by atoms with E-state index in [1.54, 1.807) is 18.2 Å². The molecule has 1 aromatic carbocycles. The number of hydrogen-bond donors (Lipinski definition) is 4. The summed E-state index contributed by atoms with van der Waals surface area (Å²) in [6.45, 7) is 2.11. The van der Waals surface area contributed by atoms with Crippen LogP contribution >= 0.6 is 0 Å². The van der Waals surface area contributed by atoms with Gasteiger partial charge in [-0.15, -0.1) is 0 Å². The highest BCUT2D eigenvalue weighted by atomic mass is 16.3. The van der Waals surface area contributed by atoms with Crippen LogP contribution in [0.25, 0.3) is 0 Å². The molecule has 0 heterocycles. The zero-order valence-electron chi connectivity index (χ0n) is 10.6. The van der Waals surface area contributed by atoms with E-state index >= 15 is 0 Å². The van der Waals surface area contributed by atoms with Crippen molar-refractivity contribution >= 4 is 0 Å². The van der Waals surface area contributed by atoms with Crippen LogP contribution < -0.4 is 5.32 Å². The summed E-state index contributed by atoms with van der Waals surface area (Å²) < 4.78 is 0. The van der Waals surface area contributed by atoms with Crippen molar-refractivity contribution in [2.75, 3.05) is 6.61 Å². The van der Waals surface area contributed by atoms with Crippen molar-refractivity contribution in [1.82, 2.24) is 5.32 Å². The molecule has 0 amide bonds.